The number of nitrogens with one attached hydrogen (secondary N) is 1. The number of amides is 1. The molecule has 0 bridgehead atoms. The summed E-state index contributed by atoms with van der Waals surface area (Å²) in [6, 6.07) is 20.0. The molecule has 0 atom stereocenters. The summed E-state index contributed by atoms with van der Waals surface area (Å²) in [5.41, 5.74) is 4.61. The van der Waals surface area contributed by atoms with Crippen LogP contribution in [0.2, 0.25) is 0 Å². The molecule has 0 saturated heterocycles. The van der Waals surface area contributed by atoms with Crippen molar-refractivity contribution >= 4 is 22.2 Å². The van der Waals surface area contributed by atoms with E-state index >= 15 is 0 Å². The first kappa shape index (κ1) is 17.5. The summed E-state index contributed by atoms with van der Waals surface area (Å²) in [5.74, 6) is -0.164. The summed E-state index contributed by atoms with van der Waals surface area (Å²) in [6.07, 6.45) is 5.44. The number of aryl methyl sites for hydroxylation is 1. The van der Waals surface area contributed by atoms with Gasteiger partial charge in [-0.3, -0.25) is 4.79 Å². The summed E-state index contributed by atoms with van der Waals surface area (Å²) < 4.78 is 0. The summed E-state index contributed by atoms with van der Waals surface area (Å²) in [4.78, 5) is 14.0. The molecule has 1 amide bonds. The van der Waals surface area contributed by atoms with Gasteiger partial charge in [0.15, 0.2) is 0 Å². The second-order valence-corrected chi connectivity index (χ2v) is 7.88. The van der Waals surface area contributed by atoms with Crippen LogP contribution in [0, 0.1) is 11.3 Å². The molecule has 27 heavy (non-hydrogen) atoms. The fourth-order valence-electron chi connectivity index (χ4n) is 3.57. The molecule has 3 aromatic rings. The van der Waals surface area contributed by atoms with Gasteiger partial charge in [0.1, 0.15) is 11.1 Å². The van der Waals surface area contributed by atoms with Gasteiger partial charge in [0.25, 0.3) is 5.91 Å². The highest BCUT2D eigenvalue weighted by Gasteiger charge is 2.21. The van der Waals surface area contributed by atoms with Gasteiger partial charge >= 0.3 is 0 Å². The zero-order valence-electron chi connectivity index (χ0n) is 15.0. The fraction of sp³-hybridized carbons (Fsp3) is 0.217. The van der Waals surface area contributed by atoms with E-state index in [1.165, 1.54) is 11.3 Å². The Hall–Kier alpha value is -2.90. The third-order valence-corrected chi connectivity index (χ3v) is 6.22. The van der Waals surface area contributed by atoms with Gasteiger partial charge in [-0.1, -0.05) is 48.9 Å². The number of nitrogens with zero attached hydrogens (tertiary/aromatic N) is 1. The molecule has 1 aliphatic rings. The lowest BCUT2D eigenvalue weighted by atomic mass is 10.0. The summed E-state index contributed by atoms with van der Waals surface area (Å²) >= 11 is 1.57. The molecular formula is C23H20N2OS. The number of thiophene rings is 1. The number of carbonyl (C=O) groups excluding carboxylic acids is 1. The van der Waals surface area contributed by atoms with E-state index in [2.05, 4.69) is 11.4 Å². The Morgan fingerprint density at radius 3 is 2.37 bits per heavy atom. The molecule has 0 spiro atoms. The molecule has 0 saturated carbocycles. The largest absolute Gasteiger partial charge is 0.312 e. The van der Waals surface area contributed by atoms with Crippen molar-refractivity contribution in [3.8, 4) is 17.2 Å². The van der Waals surface area contributed by atoms with Gasteiger partial charge in [0, 0.05) is 10.4 Å². The van der Waals surface area contributed by atoms with Crippen LogP contribution < -0.4 is 5.32 Å². The first-order valence-electron chi connectivity index (χ1n) is 9.28. The molecule has 1 aromatic heterocycles. The average Bonchev–Trinajstić information content (AvgIpc) is 2.87. The molecule has 4 heteroatoms. The molecule has 0 fully saturated rings. The lowest BCUT2D eigenvalue weighted by molar-refractivity contribution is 0.102. The van der Waals surface area contributed by atoms with E-state index in [1.807, 2.05) is 54.6 Å². The molecule has 1 aliphatic carbocycles. The highest BCUT2D eigenvalue weighted by molar-refractivity contribution is 7.16. The zero-order valence-corrected chi connectivity index (χ0v) is 15.8. The second kappa shape index (κ2) is 7.77. The van der Waals surface area contributed by atoms with E-state index in [0.717, 1.165) is 42.4 Å². The lowest BCUT2D eigenvalue weighted by Crippen LogP contribution is -2.11. The number of anilines is 1. The molecular weight excluding hydrogens is 352 g/mol. The van der Waals surface area contributed by atoms with Crippen LogP contribution in [0.5, 0.6) is 0 Å². The van der Waals surface area contributed by atoms with Gasteiger partial charge < -0.3 is 5.32 Å². The summed E-state index contributed by atoms with van der Waals surface area (Å²) in [7, 11) is 0. The number of hydrogen-bond acceptors (Lipinski definition) is 3. The minimum absolute atomic E-state index is 0.164. The quantitative estimate of drug-likeness (QED) is 0.590. The Bertz CT molecular complexity index is 997. The van der Waals surface area contributed by atoms with Crippen molar-refractivity contribution in [2.45, 2.75) is 32.1 Å². The number of rotatable bonds is 3. The van der Waals surface area contributed by atoms with Crippen molar-refractivity contribution in [3.05, 3.63) is 76.2 Å². The maximum Gasteiger partial charge on any atom is 0.256 e. The summed E-state index contributed by atoms with van der Waals surface area (Å²) in [6.45, 7) is 0. The first-order chi connectivity index (χ1) is 13.3. The number of fused-ring (bicyclic) bond motifs is 1. The minimum atomic E-state index is -0.164. The van der Waals surface area contributed by atoms with E-state index in [1.54, 1.807) is 11.3 Å². The molecule has 2 aromatic carbocycles. The third kappa shape index (κ3) is 3.65. The summed E-state index contributed by atoms with van der Waals surface area (Å²) in [5, 5.41) is 13.3. The van der Waals surface area contributed by atoms with Crippen molar-refractivity contribution < 1.29 is 4.79 Å². The van der Waals surface area contributed by atoms with E-state index in [4.69, 9.17) is 0 Å². The molecule has 4 rings (SSSR count). The van der Waals surface area contributed by atoms with Gasteiger partial charge in [0.2, 0.25) is 0 Å². The molecule has 0 radical (unpaired) electrons. The molecule has 1 heterocycles. The van der Waals surface area contributed by atoms with Gasteiger partial charge in [0.05, 0.1) is 5.56 Å². The Morgan fingerprint density at radius 1 is 0.926 bits per heavy atom. The highest BCUT2D eigenvalue weighted by Crippen LogP contribution is 2.37. The third-order valence-electron chi connectivity index (χ3n) is 5.01. The van der Waals surface area contributed by atoms with Crippen LogP contribution in [0.15, 0.2) is 54.6 Å². The van der Waals surface area contributed by atoms with Gasteiger partial charge in [-0.25, -0.2) is 0 Å². The van der Waals surface area contributed by atoms with Crippen LogP contribution in [0.3, 0.4) is 0 Å². The second-order valence-electron chi connectivity index (χ2n) is 6.78. The fourth-order valence-corrected chi connectivity index (χ4v) is 4.80. The SMILES string of the molecule is N#Cc1c(NC(=O)c2ccc(-c3ccccc3)cc2)sc2c1CCCCC2. The van der Waals surface area contributed by atoms with Crippen molar-refractivity contribution in [1.29, 1.82) is 5.26 Å². The van der Waals surface area contributed by atoms with E-state index in [0.29, 0.717) is 16.1 Å². The maximum atomic E-state index is 12.7. The molecule has 3 nitrogen and oxygen atoms in total. The molecule has 0 unspecified atom stereocenters. The maximum absolute atomic E-state index is 12.7. The smallest absolute Gasteiger partial charge is 0.256 e. The van der Waals surface area contributed by atoms with Crippen molar-refractivity contribution in [3.63, 3.8) is 0 Å². The molecule has 134 valence electrons. The van der Waals surface area contributed by atoms with Gasteiger partial charge in [-0.15, -0.1) is 11.3 Å². The van der Waals surface area contributed by atoms with Crippen LogP contribution >= 0.6 is 11.3 Å². The first-order valence-corrected chi connectivity index (χ1v) is 10.1. The standard InChI is InChI=1S/C23H20N2OS/c24-15-20-19-9-5-2-6-10-21(19)27-23(20)25-22(26)18-13-11-17(12-14-18)16-7-3-1-4-8-16/h1,3-4,7-8,11-14H,2,5-6,9-10H2,(H,25,26). The Balaban J connectivity index is 1.55. The van der Waals surface area contributed by atoms with Crippen LogP contribution in [0.25, 0.3) is 11.1 Å². The zero-order chi connectivity index (χ0) is 18.6. The number of hydrogen-bond donors (Lipinski definition) is 1. The van der Waals surface area contributed by atoms with E-state index < -0.39 is 0 Å². The lowest BCUT2D eigenvalue weighted by Gasteiger charge is -2.06. The predicted octanol–water partition coefficient (Wildman–Crippen LogP) is 5.81. The van der Waals surface area contributed by atoms with E-state index in [-0.39, 0.29) is 5.91 Å². The van der Waals surface area contributed by atoms with Crippen LogP contribution in [-0.4, -0.2) is 5.91 Å². The minimum Gasteiger partial charge on any atom is -0.312 e. The number of carbonyl (C=O) groups is 1. The Morgan fingerprint density at radius 2 is 1.63 bits per heavy atom. The normalized spacial score (nSPS) is 13.3. The van der Waals surface area contributed by atoms with Gasteiger partial charge in [-0.2, -0.15) is 5.26 Å². The Labute approximate surface area is 163 Å². The number of nitriles is 1. The van der Waals surface area contributed by atoms with Crippen molar-refractivity contribution in [1.82, 2.24) is 0 Å². The highest BCUT2D eigenvalue weighted by atomic mass is 32.1. The number of benzene rings is 2. The monoisotopic (exact) mass is 372 g/mol. The molecule has 0 aliphatic heterocycles. The van der Waals surface area contributed by atoms with Crippen LogP contribution in [0.1, 0.15) is 45.6 Å². The van der Waals surface area contributed by atoms with Gasteiger partial charge in [-0.05, 0) is 54.5 Å². The Kier molecular flexibility index (Phi) is 5.04. The van der Waals surface area contributed by atoms with E-state index in [9.17, 15) is 10.1 Å². The van der Waals surface area contributed by atoms with Crippen LogP contribution in [0.4, 0.5) is 5.00 Å². The topological polar surface area (TPSA) is 52.9 Å². The van der Waals surface area contributed by atoms with Crippen molar-refractivity contribution in [2.75, 3.05) is 5.32 Å². The molecule has 1 N–H and O–H groups in total. The average molecular weight is 372 g/mol. The van der Waals surface area contributed by atoms with Crippen LogP contribution in [-0.2, 0) is 12.8 Å². The van der Waals surface area contributed by atoms with Crippen molar-refractivity contribution in [2.24, 2.45) is 0 Å². The predicted molar refractivity (Wildman–Crippen MR) is 110 cm³/mol.